The first kappa shape index (κ1) is 14.5. The Hall–Kier alpha value is -1.93. The molecule has 0 aliphatic heterocycles. The molecule has 0 fully saturated rings. The summed E-state index contributed by atoms with van der Waals surface area (Å²) in [6.07, 6.45) is 0.0390. The fourth-order valence-electron chi connectivity index (χ4n) is 1.64. The number of sulfonamides is 1. The van der Waals surface area contributed by atoms with Gasteiger partial charge in [-0.05, 0) is 24.6 Å². The standard InChI is InChI=1S/C12H12FNO5S/c13-9-3-4-10-8(6-9)7-12(19-10)20(17,18)14-5-1-2-11(15)16/h3-4,6-7,14H,1-2,5H2,(H,15,16). The molecule has 0 amide bonds. The van der Waals surface area contributed by atoms with Crippen molar-refractivity contribution in [3.05, 3.63) is 30.1 Å². The second-order valence-electron chi connectivity index (χ2n) is 4.14. The lowest BCUT2D eigenvalue weighted by molar-refractivity contribution is -0.137. The van der Waals surface area contributed by atoms with Crippen molar-refractivity contribution < 1.29 is 27.1 Å². The number of carboxylic acids is 1. The number of furan rings is 1. The minimum absolute atomic E-state index is 0.0138. The molecule has 2 aromatic rings. The van der Waals surface area contributed by atoms with Crippen LogP contribution in [0.3, 0.4) is 0 Å². The highest BCUT2D eigenvalue weighted by atomic mass is 32.2. The van der Waals surface area contributed by atoms with Crippen molar-refractivity contribution in [2.24, 2.45) is 0 Å². The van der Waals surface area contributed by atoms with E-state index in [0.29, 0.717) is 5.39 Å². The van der Waals surface area contributed by atoms with Gasteiger partial charge in [-0.3, -0.25) is 4.79 Å². The molecule has 1 heterocycles. The van der Waals surface area contributed by atoms with E-state index in [4.69, 9.17) is 9.52 Å². The monoisotopic (exact) mass is 301 g/mol. The normalized spacial score (nSPS) is 11.8. The van der Waals surface area contributed by atoms with Crippen molar-refractivity contribution in [2.75, 3.05) is 6.54 Å². The van der Waals surface area contributed by atoms with E-state index in [0.717, 1.165) is 0 Å². The summed E-state index contributed by atoms with van der Waals surface area (Å²) in [6.45, 7) is -0.0138. The topological polar surface area (TPSA) is 96.6 Å². The van der Waals surface area contributed by atoms with Crippen LogP contribution in [0.15, 0.2) is 33.8 Å². The minimum atomic E-state index is -3.86. The second kappa shape index (κ2) is 5.59. The van der Waals surface area contributed by atoms with Crippen LogP contribution in [0.2, 0.25) is 0 Å². The first-order chi connectivity index (χ1) is 9.38. The molecule has 6 nitrogen and oxygen atoms in total. The molecule has 1 aromatic heterocycles. The third-order valence-electron chi connectivity index (χ3n) is 2.58. The van der Waals surface area contributed by atoms with Crippen LogP contribution in [-0.2, 0) is 14.8 Å². The highest BCUT2D eigenvalue weighted by molar-refractivity contribution is 7.89. The first-order valence-corrected chi connectivity index (χ1v) is 7.27. The molecule has 0 saturated heterocycles. The van der Waals surface area contributed by atoms with Gasteiger partial charge in [-0.2, -0.15) is 0 Å². The van der Waals surface area contributed by atoms with Gasteiger partial charge in [0.1, 0.15) is 11.4 Å². The van der Waals surface area contributed by atoms with Gasteiger partial charge in [0.15, 0.2) is 0 Å². The molecule has 1 aromatic carbocycles. The van der Waals surface area contributed by atoms with Crippen LogP contribution in [0, 0.1) is 5.82 Å². The van der Waals surface area contributed by atoms with Crippen molar-refractivity contribution in [3.8, 4) is 0 Å². The average molecular weight is 301 g/mol. The van der Waals surface area contributed by atoms with Gasteiger partial charge in [-0.15, -0.1) is 0 Å². The summed E-state index contributed by atoms with van der Waals surface area (Å²) in [5, 5.41) is 8.47. The highest BCUT2D eigenvalue weighted by Gasteiger charge is 2.19. The molecule has 0 aliphatic carbocycles. The van der Waals surface area contributed by atoms with Crippen LogP contribution in [0.5, 0.6) is 0 Å². The lowest BCUT2D eigenvalue weighted by Gasteiger charge is -2.02. The number of hydrogen-bond acceptors (Lipinski definition) is 4. The number of rotatable bonds is 6. The zero-order chi connectivity index (χ0) is 14.8. The molecule has 8 heteroatoms. The van der Waals surface area contributed by atoms with Crippen LogP contribution in [0.4, 0.5) is 4.39 Å². The quantitative estimate of drug-likeness (QED) is 0.792. The molecule has 0 radical (unpaired) electrons. The number of aliphatic carboxylic acids is 1. The first-order valence-electron chi connectivity index (χ1n) is 5.79. The summed E-state index contributed by atoms with van der Waals surface area (Å²) in [4.78, 5) is 10.3. The number of hydrogen-bond donors (Lipinski definition) is 2. The Morgan fingerprint density at radius 2 is 2.10 bits per heavy atom. The molecule has 0 spiro atoms. The number of halogens is 1. The smallest absolute Gasteiger partial charge is 0.303 e. The maximum absolute atomic E-state index is 13.0. The van der Waals surface area contributed by atoms with Gasteiger partial charge >= 0.3 is 5.97 Å². The molecule has 2 rings (SSSR count). The predicted molar refractivity (Wildman–Crippen MR) is 68.2 cm³/mol. The Balaban J connectivity index is 2.13. The zero-order valence-corrected chi connectivity index (χ0v) is 11.1. The Kier molecular flexibility index (Phi) is 4.05. The van der Waals surface area contributed by atoms with Crippen molar-refractivity contribution in [2.45, 2.75) is 17.9 Å². The second-order valence-corrected chi connectivity index (χ2v) is 5.84. The van der Waals surface area contributed by atoms with E-state index in [9.17, 15) is 17.6 Å². The molecule has 2 N–H and O–H groups in total. The molecule has 0 atom stereocenters. The van der Waals surface area contributed by atoms with Gasteiger partial charge < -0.3 is 9.52 Å². The summed E-state index contributed by atoms with van der Waals surface area (Å²) < 4.78 is 44.1. The predicted octanol–water partition coefficient (Wildman–Crippen LogP) is 1.72. The summed E-state index contributed by atoms with van der Waals surface area (Å²) >= 11 is 0. The minimum Gasteiger partial charge on any atom is -0.481 e. The summed E-state index contributed by atoms with van der Waals surface area (Å²) in [6, 6.07) is 4.90. The molecule has 0 bridgehead atoms. The van der Waals surface area contributed by atoms with Crippen molar-refractivity contribution in [1.29, 1.82) is 0 Å². The molecule has 0 saturated carbocycles. The average Bonchev–Trinajstić information content (AvgIpc) is 2.78. The summed E-state index contributed by atoms with van der Waals surface area (Å²) in [5.74, 6) is -1.49. The van der Waals surface area contributed by atoms with Crippen molar-refractivity contribution >= 4 is 27.0 Å². The van der Waals surface area contributed by atoms with Crippen LogP contribution >= 0.6 is 0 Å². The number of nitrogens with one attached hydrogen (secondary N) is 1. The third-order valence-corrected chi connectivity index (χ3v) is 3.90. The van der Waals surface area contributed by atoms with E-state index >= 15 is 0 Å². The zero-order valence-electron chi connectivity index (χ0n) is 10.3. The van der Waals surface area contributed by atoms with Crippen molar-refractivity contribution in [3.63, 3.8) is 0 Å². The Labute approximate surface area is 114 Å². The molecule has 20 heavy (non-hydrogen) atoms. The fourth-order valence-corrected chi connectivity index (χ4v) is 2.68. The Bertz CT molecular complexity index is 737. The maximum atomic E-state index is 13.0. The number of fused-ring (bicyclic) bond motifs is 1. The lowest BCUT2D eigenvalue weighted by Crippen LogP contribution is -2.24. The van der Waals surface area contributed by atoms with Crippen LogP contribution in [-0.4, -0.2) is 26.0 Å². The summed E-state index contributed by atoms with van der Waals surface area (Å²) in [7, 11) is -3.86. The molecule has 108 valence electrons. The van der Waals surface area contributed by atoms with Gasteiger partial charge in [0.2, 0.25) is 5.09 Å². The van der Waals surface area contributed by atoms with E-state index in [1.165, 1.54) is 24.3 Å². The van der Waals surface area contributed by atoms with Crippen LogP contribution in [0.25, 0.3) is 11.0 Å². The highest BCUT2D eigenvalue weighted by Crippen LogP contribution is 2.23. The molecular formula is C12H12FNO5S. The fraction of sp³-hybridized carbons (Fsp3) is 0.250. The van der Waals surface area contributed by atoms with E-state index in [2.05, 4.69) is 4.72 Å². The lowest BCUT2D eigenvalue weighted by atomic mass is 10.2. The van der Waals surface area contributed by atoms with Gasteiger partial charge in [-0.25, -0.2) is 17.5 Å². The van der Waals surface area contributed by atoms with Gasteiger partial charge in [0, 0.05) is 24.4 Å². The third kappa shape index (κ3) is 3.34. The number of carbonyl (C=O) groups is 1. The molecule has 0 aliphatic rings. The Morgan fingerprint density at radius 1 is 1.35 bits per heavy atom. The summed E-state index contributed by atoms with van der Waals surface area (Å²) in [5.41, 5.74) is 0.261. The Morgan fingerprint density at radius 3 is 2.80 bits per heavy atom. The van der Waals surface area contributed by atoms with E-state index < -0.39 is 21.8 Å². The van der Waals surface area contributed by atoms with Crippen LogP contribution < -0.4 is 4.72 Å². The largest absolute Gasteiger partial charge is 0.481 e. The van der Waals surface area contributed by atoms with E-state index in [1.807, 2.05) is 0 Å². The number of benzene rings is 1. The maximum Gasteiger partial charge on any atom is 0.303 e. The van der Waals surface area contributed by atoms with Gasteiger partial charge in [0.05, 0.1) is 0 Å². The molecule has 0 unspecified atom stereocenters. The van der Waals surface area contributed by atoms with Crippen molar-refractivity contribution in [1.82, 2.24) is 4.72 Å². The van der Waals surface area contributed by atoms with E-state index in [-0.39, 0.29) is 30.1 Å². The molecular weight excluding hydrogens is 289 g/mol. The van der Waals surface area contributed by atoms with Gasteiger partial charge in [-0.1, -0.05) is 0 Å². The SMILES string of the molecule is O=C(O)CCCNS(=O)(=O)c1cc2cc(F)ccc2o1. The van der Waals surface area contributed by atoms with E-state index in [1.54, 1.807) is 0 Å². The van der Waals surface area contributed by atoms with Gasteiger partial charge in [0.25, 0.3) is 10.0 Å². The van der Waals surface area contributed by atoms with Crippen LogP contribution in [0.1, 0.15) is 12.8 Å². The number of carboxylic acid groups (broad SMARTS) is 1.